The summed E-state index contributed by atoms with van der Waals surface area (Å²) in [6.07, 6.45) is 2.53. The number of rotatable bonds is 6. The van der Waals surface area contributed by atoms with Crippen molar-refractivity contribution in [1.82, 2.24) is 0 Å². The first-order valence-electron chi connectivity index (χ1n) is 9.50. The molecule has 29 heavy (non-hydrogen) atoms. The predicted octanol–water partition coefficient (Wildman–Crippen LogP) is 4.56. The van der Waals surface area contributed by atoms with Crippen LogP contribution < -0.4 is 5.32 Å². The van der Waals surface area contributed by atoms with Crippen LogP contribution in [-0.2, 0) is 14.3 Å². The molecule has 2 unspecified atom stereocenters. The van der Waals surface area contributed by atoms with Gasteiger partial charge >= 0.3 is 11.9 Å². The number of carbonyl (C=O) groups is 3. The molecule has 0 radical (unpaired) electrons. The number of anilines is 1. The molecular weight excluding hydrogens is 397 g/mol. The van der Waals surface area contributed by atoms with E-state index < -0.39 is 35.5 Å². The van der Waals surface area contributed by atoms with Crippen molar-refractivity contribution in [1.29, 1.82) is 0 Å². The van der Waals surface area contributed by atoms with Gasteiger partial charge in [-0.1, -0.05) is 25.0 Å². The van der Waals surface area contributed by atoms with Crippen LogP contribution in [0, 0.1) is 17.7 Å². The van der Waals surface area contributed by atoms with Gasteiger partial charge in [-0.3, -0.25) is 9.59 Å². The van der Waals surface area contributed by atoms with E-state index >= 15 is 0 Å². The fraction of sp³-hybridized carbons (Fsp3) is 0.381. The lowest BCUT2D eigenvalue weighted by Gasteiger charge is -2.27. The number of carboxylic acids is 1. The first kappa shape index (κ1) is 21.0. The summed E-state index contributed by atoms with van der Waals surface area (Å²) in [5.41, 5.74) is 1.34. The third kappa shape index (κ3) is 4.64. The van der Waals surface area contributed by atoms with Gasteiger partial charge in [-0.05, 0) is 37.5 Å². The van der Waals surface area contributed by atoms with Crippen molar-refractivity contribution in [2.24, 2.45) is 11.8 Å². The molecule has 1 fully saturated rings. The maximum Gasteiger partial charge on any atom is 0.341 e. The molecule has 8 heteroatoms. The van der Waals surface area contributed by atoms with E-state index in [9.17, 15) is 23.9 Å². The van der Waals surface area contributed by atoms with Gasteiger partial charge in [0, 0.05) is 10.9 Å². The summed E-state index contributed by atoms with van der Waals surface area (Å²) in [4.78, 5) is 36.9. The summed E-state index contributed by atoms with van der Waals surface area (Å²) in [5.74, 6) is -3.75. The quantitative estimate of drug-likeness (QED) is 0.670. The second-order valence-corrected chi connectivity index (χ2v) is 7.79. The van der Waals surface area contributed by atoms with E-state index in [0.717, 1.165) is 24.2 Å². The second-order valence-electron chi connectivity index (χ2n) is 6.91. The molecule has 1 aliphatic carbocycles. The van der Waals surface area contributed by atoms with Gasteiger partial charge in [-0.2, -0.15) is 0 Å². The fourth-order valence-corrected chi connectivity index (χ4v) is 4.60. The van der Waals surface area contributed by atoms with Crippen LogP contribution in [0.3, 0.4) is 0 Å². The number of aliphatic carboxylic acids is 1. The van der Waals surface area contributed by atoms with Crippen LogP contribution in [-0.4, -0.2) is 29.6 Å². The molecule has 1 heterocycles. The molecule has 1 amide bonds. The minimum absolute atomic E-state index is 0.161. The molecule has 1 aliphatic rings. The Morgan fingerprint density at radius 1 is 1.17 bits per heavy atom. The van der Waals surface area contributed by atoms with E-state index in [2.05, 4.69) is 5.32 Å². The monoisotopic (exact) mass is 419 g/mol. The summed E-state index contributed by atoms with van der Waals surface area (Å²) < 4.78 is 18.4. The molecular formula is C21H22FNO5S. The number of hydrogen-bond donors (Lipinski definition) is 2. The van der Waals surface area contributed by atoms with Crippen molar-refractivity contribution >= 4 is 34.2 Å². The number of carbonyl (C=O) groups excluding carboxylic acids is 2. The molecule has 1 aromatic carbocycles. The summed E-state index contributed by atoms with van der Waals surface area (Å²) in [5, 5.41) is 14.2. The maximum absolute atomic E-state index is 13.3. The molecule has 6 nitrogen and oxygen atoms in total. The van der Waals surface area contributed by atoms with Crippen LogP contribution in [0.4, 0.5) is 9.39 Å². The molecule has 0 spiro atoms. The molecule has 2 aromatic rings. The highest BCUT2D eigenvalue weighted by molar-refractivity contribution is 7.15. The Morgan fingerprint density at radius 3 is 2.45 bits per heavy atom. The number of ether oxygens (including phenoxy) is 1. The number of thiophene rings is 1. The Balaban J connectivity index is 1.92. The number of amides is 1. The summed E-state index contributed by atoms with van der Waals surface area (Å²) >= 11 is 1.16. The molecule has 0 saturated heterocycles. The Hall–Kier alpha value is -2.74. The van der Waals surface area contributed by atoms with Crippen molar-refractivity contribution in [3.05, 3.63) is 41.0 Å². The number of nitrogens with one attached hydrogen (secondary N) is 1. The Kier molecular flexibility index (Phi) is 6.64. The van der Waals surface area contributed by atoms with Crippen molar-refractivity contribution in [2.75, 3.05) is 11.9 Å². The molecule has 3 rings (SSSR count). The van der Waals surface area contributed by atoms with E-state index in [0.29, 0.717) is 29.0 Å². The largest absolute Gasteiger partial charge is 0.481 e. The first-order valence-corrected chi connectivity index (χ1v) is 10.4. The normalized spacial score (nSPS) is 18.8. The SMILES string of the molecule is CCOC(=O)c1c(-c2ccc(F)cc2)csc1NC(=O)C1CCCCC1C(=O)O. The zero-order chi connectivity index (χ0) is 21.0. The van der Waals surface area contributed by atoms with Crippen LogP contribution in [0.2, 0.25) is 0 Å². The zero-order valence-electron chi connectivity index (χ0n) is 15.9. The van der Waals surface area contributed by atoms with Crippen LogP contribution in [0.1, 0.15) is 43.0 Å². The van der Waals surface area contributed by atoms with Crippen molar-refractivity contribution in [2.45, 2.75) is 32.6 Å². The number of benzene rings is 1. The van der Waals surface area contributed by atoms with Crippen LogP contribution >= 0.6 is 11.3 Å². The molecule has 1 saturated carbocycles. The highest BCUT2D eigenvalue weighted by Gasteiger charge is 2.36. The Labute approximate surface area is 171 Å². The Morgan fingerprint density at radius 2 is 1.83 bits per heavy atom. The predicted molar refractivity (Wildman–Crippen MR) is 107 cm³/mol. The summed E-state index contributed by atoms with van der Waals surface area (Å²) in [6.45, 7) is 1.84. The van der Waals surface area contributed by atoms with Crippen molar-refractivity contribution < 1.29 is 28.6 Å². The topological polar surface area (TPSA) is 92.7 Å². The van der Waals surface area contributed by atoms with E-state index in [1.807, 2.05) is 0 Å². The Bertz CT molecular complexity index is 908. The van der Waals surface area contributed by atoms with E-state index in [1.165, 1.54) is 12.1 Å². The van der Waals surface area contributed by atoms with Gasteiger partial charge in [-0.25, -0.2) is 9.18 Å². The van der Waals surface area contributed by atoms with Gasteiger partial charge in [0.15, 0.2) is 0 Å². The molecule has 2 N–H and O–H groups in total. The molecule has 154 valence electrons. The third-order valence-corrected chi connectivity index (χ3v) is 5.98. The van der Waals surface area contributed by atoms with Gasteiger partial charge in [0.25, 0.3) is 0 Å². The van der Waals surface area contributed by atoms with Crippen LogP contribution in [0.5, 0.6) is 0 Å². The van der Waals surface area contributed by atoms with Gasteiger partial charge < -0.3 is 15.2 Å². The molecule has 1 aromatic heterocycles. The minimum Gasteiger partial charge on any atom is -0.481 e. The number of halogens is 1. The van der Waals surface area contributed by atoms with Gasteiger partial charge in [0.2, 0.25) is 5.91 Å². The molecule has 2 atom stereocenters. The summed E-state index contributed by atoms with van der Waals surface area (Å²) in [7, 11) is 0. The van der Waals surface area contributed by atoms with E-state index in [4.69, 9.17) is 4.74 Å². The minimum atomic E-state index is -0.978. The van der Waals surface area contributed by atoms with E-state index in [-0.39, 0.29) is 12.2 Å². The van der Waals surface area contributed by atoms with Crippen LogP contribution in [0.25, 0.3) is 11.1 Å². The number of carboxylic acid groups (broad SMARTS) is 1. The lowest BCUT2D eigenvalue weighted by Crippen LogP contribution is -2.36. The lowest BCUT2D eigenvalue weighted by molar-refractivity contribution is -0.147. The number of hydrogen-bond acceptors (Lipinski definition) is 5. The second kappa shape index (κ2) is 9.17. The number of esters is 1. The average molecular weight is 419 g/mol. The smallest absolute Gasteiger partial charge is 0.341 e. The molecule has 0 bridgehead atoms. The average Bonchev–Trinajstić information content (AvgIpc) is 3.12. The highest BCUT2D eigenvalue weighted by atomic mass is 32.1. The standard InChI is InChI=1S/C21H22FNO5S/c1-2-28-21(27)17-16(12-7-9-13(22)10-8-12)11-29-19(17)23-18(24)14-5-3-4-6-15(14)20(25)26/h7-11,14-15H,2-6H2,1H3,(H,23,24)(H,25,26). The first-order chi connectivity index (χ1) is 13.9. The summed E-state index contributed by atoms with van der Waals surface area (Å²) in [6, 6.07) is 5.68. The van der Waals surface area contributed by atoms with Crippen LogP contribution in [0.15, 0.2) is 29.6 Å². The maximum atomic E-state index is 13.3. The van der Waals surface area contributed by atoms with Gasteiger partial charge in [0.05, 0.1) is 18.4 Å². The third-order valence-electron chi connectivity index (χ3n) is 5.08. The van der Waals surface area contributed by atoms with Gasteiger partial charge in [-0.15, -0.1) is 11.3 Å². The van der Waals surface area contributed by atoms with Gasteiger partial charge in [0.1, 0.15) is 16.4 Å². The van der Waals surface area contributed by atoms with E-state index in [1.54, 1.807) is 24.4 Å². The fourth-order valence-electron chi connectivity index (χ4n) is 3.64. The molecule has 0 aliphatic heterocycles. The van der Waals surface area contributed by atoms with Crippen molar-refractivity contribution in [3.63, 3.8) is 0 Å². The highest BCUT2D eigenvalue weighted by Crippen LogP contribution is 2.38. The zero-order valence-corrected chi connectivity index (χ0v) is 16.8. The van der Waals surface area contributed by atoms with Crippen molar-refractivity contribution in [3.8, 4) is 11.1 Å². The lowest BCUT2D eigenvalue weighted by atomic mass is 9.79.